The molecule has 25 aromatic carbocycles. The highest BCUT2D eigenvalue weighted by molar-refractivity contribution is 9.10. The van der Waals surface area contributed by atoms with Crippen LogP contribution in [0.2, 0.25) is 0 Å². The Bertz CT molecular complexity index is 8830. The highest BCUT2D eigenvalue weighted by atomic mass is 79.9. The first-order valence-corrected chi connectivity index (χ1v) is 52.2. The van der Waals surface area contributed by atoms with Gasteiger partial charge in [-0.05, 0) is 347 Å². The van der Waals surface area contributed by atoms with Crippen molar-refractivity contribution in [3.05, 3.63) is 391 Å². The molecule has 13 heteroatoms. The minimum Gasteiger partial charge on any atom is -0.508 e. The molecule has 0 heterocycles. The molecule has 0 saturated carbocycles. The van der Waals surface area contributed by atoms with Gasteiger partial charge in [-0.1, -0.05) is 369 Å². The Balaban J connectivity index is 0.000000111. The number of ether oxygens (including phenoxy) is 3. The number of hydrogen-bond donors (Lipinski definition) is 4. The second kappa shape index (κ2) is 40.2. The van der Waals surface area contributed by atoms with Crippen molar-refractivity contribution < 1.29 is 43.6 Å². The van der Waals surface area contributed by atoms with Gasteiger partial charge in [0.1, 0.15) is 34.5 Å². The summed E-state index contributed by atoms with van der Waals surface area (Å²) in [6, 6.07) is 128. The van der Waals surface area contributed by atoms with Crippen LogP contribution in [0.4, 0.5) is 0 Å². The monoisotopic (exact) mass is 2000 g/mol. The lowest BCUT2D eigenvalue weighted by atomic mass is 9.79. The van der Waals surface area contributed by atoms with Crippen molar-refractivity contribution in [1.29, 1.82) is 0 Å². The van der Waals surface area contributed by atoms with Gasteiger partial charge < -0.3 is 39.0 Å². The van der Waals surface area contributed by atoms with Gasteiger partial charge in [0, 0.05) is 26.0 Å². The number of phenolic OH excluding ortho intramolecular Hbond substituents is 2. The summed E-state index contributed by atoms with van der Waals surface area (Å²) in [4.78, 5) is 0. The van der Waals surface area contributed by atoms with Crippen LogP contribution in [0.3, 0.4) is 0 Å². The van der Waals surface area contributed by atoms with Gasteiger partial charge in [0.05, 0.1) is 29.5 Å². The number of methoxy groups -OCH3 is 3. The molecule has 0 aliphatic heterocycles. The Morgan fingerprint density at radius 2 is 0.524 bits per heavy atom. The number of halogens is 1. The standard InChI is InChI=1S/C34H39OP.2C24H18O.C22H14O2.C16H9Br.C8H11BO3.C4H9OP/c1-32(2,3)26-19-25(20-27(21-26)35-36(33(4,5)6)34(7,8)9)28-17-15-24-14-13-22-11-10-12-23-16-18-29(28)31(24)30(22)23;2*1-15-12-19(14-20(13-15)25-2)21-10-8-18-7-6-16-4-3-5-17-9-11-22(21)24(18)23(16)17;23-17-10-16(11-18(24)12-17)19-8-6-15-5-4-13-2-1-3-14-7-9-20(19)22(15)21(13)14;17-14-9-7-12-5-4-10-2-1-3-11-6-8-13(14)16(12)15(10)11;1-6-3-7(9(10)11)5-8(4-6)12-2;1-4(2,3)6-5/h10-21H,1-9H3;2*3-14H,1-2H3;1-12,23-24H;1-9H;3-5,10-11H,1-2H3;1-3H3. The van der Waals surface area contributed by atoms with Gasteiger partial charge in [0.2, 0.25) is 0 Å². The van der Waals surface area contributed by atoms with E-state index in [-0.39, 0.29) is 40.8 Å². The Hall–Kier alpha value is -14.5. The van der Waals surface area contributed by atoms with E-state index in [0.717, 1.165) is 39.3 Å². The number of benzene rings is 25. The zero-order chi connectivity index (χ0) is 102. The smallest absolute Gasteiger partial charge is 0.488 e. The zero-order valence-corrected chi connectivity index (χ0v) is 88.7. The zero-order valence-electron chi connectivity index (χ0n) is 85.3. The maximum atomic E-state index is 9.92. The summed E-state index contributed by atoms with van der Waals surface area (Å²) in [5.41, 5.74) is 14.4. The third kappa shape index (κ3) is 20.4. The van der Waals surface area contributed by atoms with E-state index < -0.39 is 15.3 Å². The number of aromatic hydroxyl groups is 2. The maximum absolute atomic E-state index is 9.92. The van der Waals surface area contributed by atoms with Crippen LogP contribution >= 0.6 is 32.5 Å². The van der Waals surface area contributed by atoms with Crippen molar-refractivity contribution in [2.24, 2.45) is 0 Å². The lowest BCUT2D eigenvalue weighted by Crippen LogP contribution is -2.29. The molecule has 0 atom stereocenters. The van der Waals surface area contributed by atoms with Gasteiger partial charge in [-0.2, -0.15) is 0 Å². The van der Waals surface area contributed by atoms with E-state index in [0.29, 0.717) is 11.2 Å². The Morgan fingerprint density at radius 3 is 0.814 bits per heavy atom. The van der Waals surface area contributed by atoms with Crippen molar-refractivity contribution >= 4 is 207 Å². The van der Waals surface area contributed by atoms with Gasteiger partial charge in [-0.15, -0.1) is 0 Å². The van der Waals surface area contributed by atoms with E-state index >= 15 is 0 Å². The predicted molar refractivity (Wildman–Crippen MR) is 627 cm³/mol. The molecule has 25 aromatic rings. The Morgan fingerprint density at radius 1 is 0.276 bits per heavy atom. The molecule has 0 unspecified atom stereocenters. The van der Waals surface area contributed by atoms with Crippen molar-refractivity contribution in [1.82, 2.24) is 0 Å². The van der Waals surface area contributed by atoms with Gasteiger partial charge in [-0.3, -0.25) is 4.57 Å². The highest BCUT2D eigenvalue weighted by Crippen LogP contribution is 2.60. The molecule has 0 aliphatic carbocycles. The van der Waals surface area contributed by atoms with E-state index in [2.05, 4.69) is 420 Å². The van der Waals surface area contributed by atoms with E-state index in [1.807, 2.05) is 33.8 Å². The van der Waals surface area contributed by atoms with Crippen LogP contribution in [0.25, 0.3) is 206 Å². The van der Waals surface area contributed by atoms with Crippen LogP contribution in [-0.2, 0) is 9.98 Å². The Kier molecular flexibility index (Phi) is 27.5. The molecule has 0 saturated heterocycles. The molecular formula is C132H118BBrO9P2. The van der Waals surface area contributed by atoms with Gasteiger partial charge in [-0.25, -0.2) is 0 Å². The van der Waals surface area contributed by atoms with Gasteiger partial charge in [0.25, 0.3) is 0 Å². The van der Waals surface area contributed by atoms with Crippen molar-refractivity contribution in [2.45, 2.75) is 125 Å². The summed E-state index contributed by atoms with van der Waals surface area (Å²) >= 11 is 3.64. The van der Waals surface area contributed by atoms with Crippen molar-refractivity contribution in [3.63, 3.8) is 0 Å². The average molecular weight is 2000 g/mol. The third-order valence-corrected chi connectivity index (χ3v) is 31.4. The molecular weight excluding hydrogens is 1880 g/mol. The minimum atomic E-state index is -1.43. The average Bonchev–Trinajstić information content (AvgIpc) is 0.772. The van der Waals surface area contributed by atoms with E-state index in [1.165, 1.54) is 217 Å². The molecule has 0 radical (unpaired) electrons. The van der Waals surface area contributed by atoms with Crippen LogP contribution in [0, 0.1) is 20.8 Å². The van der Waals surface area contributed by atoms with Crippen LogP contribution < -0.4 is 24.2 Å². The summed E-state index contributed by atoms with van der Waals surface area (Å²) in [6.45, 7) is 32.5. The molecule has 0 aromatic heterocycles. The summed E-state index contributed by atoms with van der Waals surface area (Å²) in [5.74, 6) is 3.56. The highest BCUT2D eigenvalue weighted by Gasteiger charge is 2.38. The topological polar surface area (TPSA) is 135 Å². The fraction of sp³-hybridized carbons (Fsp3) is 0.167. The number of hydrogen-bond acceptors (Lipinski definition) is 9. The van der Waals surface area contributed by atoms with E-state index in [1.54, 1.807) is 45.6 Å². The van der Waals surface area contributed by atoms with Crippen molar-refractivity contribution in [3.8, 4) is 79.0 Å². The number of rotatable bonds is 10. The van der Waals surface area contributed by atoms with Crippen LogP contribution in [-0.4, -0.2) is 64.2 Å². The second-order valence-corrected chi connectivity index (χ2v) is 48.0. The number of phenols is 2. The summed E-state index contributed by atoms with van der Waals surface area (Å²) < 4.78 is 34.0. The molecule has 0 bridgehead atoms. The van der Waals surface area contributed by atoms with E-state index in [9.17, 15) is 14.8 Å². The SMILES string of the molecule is Brc1ccc2ccc3cccc4ccc1c2c34.CC(C)(C)P=O.CC(C)(C)c1cc(OP(C(C)(C)C)C(C)(C)C)cc(-c2ccc3ccc4cccc5ccc2c3c45)c1.COc1cc(C)cc(-c2ccc3ccc4cccc5ccc2c3c45)c1.COc1cc(C)cc(-c2ccc3ccc4cccc5ccc2c3c45)c1.COc1cc(C)cc(B(O)O)c1.Oc1cc(O)cc(-c2ccc3ccc4cccc5ccc2c3c45)c1. The lowest BCUT2D eigenvalue weighted by molar-refractivity contribution is 0.411. The third-order valence-electron chi connectivity index (χ3n) is 27.4. The minimum absolute atomic E-state index is 0.0180. The van der Waals surface area contributed by atoms with Gasteiger partial charge in [0.15, 0.2) is 8.46 Å². The fourth-order valence-electron chi connectivity index (χ4n) is 21.1. The molecule has 0 aliphatic rings. The normalized spacial score (nSPS) is 12.0. The largest absolute Gasteiger partial charge is 0.508 e. The van der Waals surface area contributed by atoms with Crippen LogP contribution in [0.1, 0.15) is 105 Å². The van der Waals surface area contributed by atoms with Crippen LogP contribution in [0.5, 0.6) is 34.5 Å². The predicted octanol–water partition coefficient (Wildman–Crippen LogP) is 36.8. The molecule has 9 nitrogen and oxygen atoms in total. The number of aryl methyl sites for hydroxylation is 3. The van der Waals surface area contributed by atoms with E-state index in [4.69, 9.17) is 28.8 Å². The molecule has 25 rings (SSSR count). The van der Waals surface area contributed by atoms with Gasteiger partial charge >= 0.3 is 7.12 Å². The molecule has 4 N–H and O–H groups in total. The first kappa shape index (κ1) is 99.2. The first-order chi connectivity index (χ1) is 69.5. The second-order valence-electron chi connectivity index (χ2n) is 42.1. The molecule has 145 heavy (non-hydrogen) atoms. The fourth-order valence-corrected chi connectivity index (χ4v) is 24.4. The maximum Gasteiger partial charge on any atom is 0.488 e. The quantitative estimate of drug-likeness (QED) is 0.0600. The van der Waals surface area contributed by atoms with Crippen molar-refractivity contribution in [2.75, 3.05) is 21.3 Å². The van der Waals surface area contributed by atoms with Crippen LogP contribution in [0.15, 0.2) is 368 Å². The first-order valence-electron chi connectivity index (χ1n) is 49.3. The molecule has 0 spiro atoms. The summed E-state index contributed by atoms with van der Waals surface area (Å²) in [7, 11) is 3.07. The molecule has 720 valence electrons. The molecule has 0 amide bonds. The summed E-state index contributed by atoms with van der Waals surface area (Å²) in [5, 5.41) is 76.5. The molecule has 0 fully saturated rings. The Labute approximate surface area is 859 Å². The lowest BCUT2D eigenvalue weighted by Gasteiger charge is -2.40. The summed E-state index contributed by atoms with van der Waals surface area (Å²) in [6.07, 6.45) is 0.